The van der Waals surface area contributed by atoms with E-state index in [-0.39, 0.29) is 0 Å². The molecule has 0 saturated carbocycles. The highest BCUT2D eigenvalue weighted by molar-refractivity contribution is 5.18. The molecule has 0 saturated heterocycles. The van der Waals surface area contributed by atoms with Crippen LogP contribution in [0.2, 0.25) is 0 Å². The van der Waals surface area contributed by atoms with Gasteiger partial charge in [-0.05, 0) is 32.9 Å². The average molecular weight is 152 g/mol. The summed E-state index contributed by atoms with van der Waals surface area (Å²) in [4.78, 5) is 0. The number of rotatable bonds is 4. The van der Waals surface area contributed by atoms with E-state index in [4.69, 9.17) is 4.74 Å². The van der Waals surface area contributed by atoms with Gasteiger partial charge in [0.1, 0.15) is 5.76 Å². The Labute approximate surface area is 69.1 Å². The molecule has 0 aromatic heterocycles. The highest BCUT2D eigenvalue weighted by Gasteiger charge is 1.85. The van der Waals surface area contributed by atoms with Crippen LogP contribution in [0, 0.1) is 0 Å². The van der Waals surface area contributed by atoms with Crippen LogP contribution in [0.5, 0.6) is 0 Å². The number of ether oxygens (including phenoxy) is 1. The Morgan fingerprint density at radius 1 is 1.36 bits per heavy atom. The third kappa shape index (κ3) is 5.46. The Bertz CT molecular complexity index is 171. The van der Waals surface area contributed by atoms with Crippen molar-refractivity contribution in [1.29, 1.82) is 0 Å². The minimum Gasteiger partial charge on any atom is -0.494 e. The van der Waals surface area contributed by atoms with Gasteiger partial charge < -0.3 is 4.74 Å². The van der Waals surface area contributed by atoms with Gasteiger partial charge in [0.05, 0.1) is 6.61 Å². The highest BCUT2D eigenvalue weighted by Crippen LogP contribution is 2.00. The van der Waals surface area contributed by atoms with Crippen molar-refractivity contribution in [3.05, 3.63) is 36.1 Å². The van der Waals surface area contributed by atoms with Gasteiger partial charge in [0.2, 0.25) is 0 Å². The summed E-state index contributed by atoms with van der Waals surface area (Å²) in [6, 6.07) is 0. The molecule has 1 heteroatoms. The van der Waals surface area contributed by atoms with Crippen LogP contribution in [0.3, 0.4) is 0 Å². The smallest absolute Gasteiger partial charge is 0.118 e. The van der Waals surface area contributed by atoms with Crippen LogP contribution in [0.1, 0.15) is 20.8 Å². The molecule has 0 unspecified atom stereocenters. The number of hydrogen-bond donors (Lipinski definition) is 0. The van der Waals surface area contributed by atoms with E-state index in [0.29, 0.717) is 6.61 Å². The van der Waals surface area contributed by atoms with E-state index in [1.807, 2.05) is 32.9 Å². The lowest BCUT2D eigenvalue weighted by molar-refractivity contribution is 0.243. The fourth-order valence-electron chi connectivity index (χ4n) is 0.591. The Balaban J connectivity index is 4.11. The first-order valence-electron chi connectivity index (χ1n) is 3.81. The molecule has 0 rings (SSSR count). The molecule has 0 fully saturated rings. The molecule has 0 aromatic rings. The second-order valence-corrected chi connectivity index (χ2v) is 2.45. The Morgan fingerprint density at radius 2 is 2.00 bits per heavy atom. The Morgan fingerprint density at radius 3 is 2.36 bits per heavy atom. The maximum Gasteiger partial charge on any atom is 0.118 e. The minimum absolute atomic E-state index is 0.689. The molecule has 0 aliphatic rings. The summed E-state index contributed by atoms with van der Waals surface area (Å²) in [5, 5.41) is 0. The first-order valence-corrected chi connectivity index (χ1v) is 3.81. The zero-order chi connectivity index (χ0) is 8.69. The first kappa shape index (κ1) is 10.0. The largest absolute Gasteiger partial charge is 0.494 e. The molecule has 0 aliphatic heterocycles. The highest BCUT2D eigenvalue weighted by atomic mass is 16.5. The fourth-order valence-corrected chi connectivity index (χ4v) is 0.591. The average Bonchev–Trinajstić information content (AvgIpc) is 1.97. The predicted molar refractivity (Wildman–Crippen MR) is 49.3 cm³/mol. The van der Waals surface area contributed by atoms with Crippen LogP contribution in [-0.4, -0.2) is 6.61 Å². The lowest BCUT2D eigenvalue weighted by Crippen LogP contribution is -1.86. The minimum atomic E-state index is 0.689. The molecule has 0 aliphatic carbocycles. The molecule has 62 valence electrons. The third-order valence-electron chi connectivity index (χ3n) is 1.09. The number of allylic oxidation sites excluding steroid dienone is 4. The molecular weight excluding hydrogens is 136 g/mol. The quantitative estimate of drug-likeness (QED) is 0.444. The van der Waals surface area contributed by atoms with Crippen molar-refractivity contribution in [3.8, 4) is 0 Å². The van der Waals surface area contributed by atoms with Crippen molar-refractivity contribution in [2.75, 3.05) is 6.61 Å². The summed E-state index contributed by atoms with van der Waals surface area (Å²) in [6.07, 6.45) is 5.64. The van der Waals surface area contributed by atoms with E-state index in [1.54, 1.807) is 6.08 Å². The maximum absolute atomic E-state index is 5.24. The second-order valence-electron chi connectivity index (χ2n) is 2.45. The van der Waals surface area contributed by atoms with Gasteiger partial charge in [0, 0.05) is 0 Å². The van der Waals surface area contributed by atoms with Gasteiger partial charge in [0.25, 0.3) is 0 Å². The first-order chi connectivity index (χ1) is 5.20. The molecule has 0 atom stereocenters. The topological polar surface area (TPSA) is 9.23 Å². The molecular formula is C10H16O. The zero-order valence-electron chi connectivity index (χ0n) is 7.55. The van der Waals surface area contributed by atoms with E-state index in [2.05, 4.69) is 6.58 Å². The molecule has 1 nitrogen and oxygen atoms in total. The molecule has 0 N–H and O–H groups in total. The standard InChI is InChI=1S/C10H16O/c1-5-10(11-6-2)8-7-9(3)4/h5,7-8H,1,6H2,2-4H3/b10-8+. The van der Waals surface area contributed by atoms with Crippen LogP contribution in [0.15, 0.2) is 36.1 Å². The lowest BCUT2D eigenvalue weighted by Gasteiger charge is -2.00. The molecule has 0 radical (unpaired) electrons. The van der Waals surface area contributed by atoms with Crippen LogP contribution in [0.25, 0.3) is 0 Å². The summed E-state index contributed by atoms with van der Waals surface area (Å²) in [7, 11) is 0. The summed E-state index contributed by atoms with van der Waals surface area (Å²) >= 11 is 0. The monoisotopic (exact) mass is 152 g/mol. The van der Waals surface area contributed by atoms with Crippen LogP contribution < -0.4 is 0 Å². The van der Waals surface area contributed by atoms with Crippen LogP contribution in [-0.2, 0) is 4.74 Å². The summed E-state index contributed by atoms with van der Waals surface area (Å²) in [5.41, 5.74) is 1.25. The van der Waals surface area contributed by atoms with Crippen molar-refractivity contribution >= 4 is 0 Å². The molecule has 0 bridgehead atoms. The van der Waals surface area contributed by atoms with Crippen molar-refractivity contribution in [1.82, 2.24) is 0 Å². The van der Waals surface area contributed by atoms with Gasteiger partial charge in [-0.15, -0.1) is 0 Å². The summed E-state index contributed by atoms with van der Waals surface area (Å²) in [5.74, 6) is 0.828. The van der Waals surface area contributed by atoms with E-state index >= 15 is 0 Å². The Kier molecular flexibility index (Phi) is 5.26. The van der Waals surface area contributed by atoms with Crippen molar-refractivity contribution in [2.45, 2.75) is 20.8 Å². The van der Waals surface area contributed by atoms with Crippen LogP contribution >= 0.6 is 0 Å². The third-order valence-corrected chi connectivity index (χ3v) is 1.09. The fraction of sp³-hybridized carbons (Fsp3) is 0.400. The van der Waals surface area contributed by atoms with Gasteiger partial charge >= 0.3 is 0 Å². The number of hydrogen-bond acceptors (Lipinski definition) is 1. The zero-order valence-corrected chi connectivity index (χ0v) is 7.55. The van der Waals surface area contributed by atoms with E-state index in [0.717, 1.165) is 5.76 Å². The van der Waals surface area contributed by atoms with Crippen molar-refractivity contribution in [2.24, 2.45) is 0 Å². The molecule has 0 heterocycles. The molecule has 0 aromatic carbocycles. The summed E-state index contributed by atoms with van der Waals surface area (Å²) in [6.45, 7) is 10.4. The molecule has 0 spiro atoms. The van der Waals surface area contributed by atoms with Gasteiger partial charge in [0.15, 0.2) is 0 Å². The van der Waals surface area contributed by atoms with Gasteiger partial charge in [-0.1, -0.05) is 18.2 Å². The second kappa shape index (κ2) is 5.78. The van der Waals surface area contributed by atoms with E-state index in [1.165, 1.54) is 5.57 Å². The van der Waals surface area contributed by atoms with E-state index in [9.17, 15) is 0 Å². The van der Waals surface area contributed by atoms with Crippen LogP contribution in [0.4, 0.5) is 0 Å². The molecule has 11 heavy (non-hydrogen) atoms. The van der Waals surface area contributed by atoms with Gasteiger partial charge in [-0.25, -0.2) is 0 Å². The van der Waals surface area contributed by atoms with Gasteiger partial charge in [-0.2, -0.15) is 0 Å². The Hall–Kier alpha value is -0.980. The maximum atomic E-state index is 5.24. The van der Waals surface area contributed by atoms with Crippen molar-refractivity contribution in [3.63, 3.8) is 0 Å². The molecule has 0 amide bonds. The SMILES string of the molecule is C=C/C(=C\C=C(C)C)OCC. The normalized spacial score (nSPS) is 10.6. The predicted octanol–water partition coefficient (Wildman–Crippen LogP) is 3.06. The lowest BCUT2D eigenvalue weighted by atomic mass is 10.3. The van der Waals surface area contributed by atoms with E-state index < -0.39 is 0 Å². The summed E-state index contributed by atoms with van der Waals surface area (Å²) < 4.78 is 5.24. The van der Waals surface area contributed by atoms with Gasteiger partial charge in [-0.3, -0.25) is 0 Å². The van der Waals surface area contributed by atoms with Crippen molar-refractivity contribution < 1.29 is 4.74 Å².